The molecule has 2 aromatic heterocycles. The molecule has 1 N–H and O–H groups in total. The van der Waals surface area contributed by atoms with Gasteiger partial charge in [-0.15, -0.1) is 11.3 Å². The zero-order valence-corrected chi connectivity index (χ0v) is 10.7. The van der Waals surface area contributed by atoms with Crippen LogP contribution >= 0.6 is 11.3 Å². The van der Waals surface area contributed by atoms with Crippen molar-refractivity contribution in [2.45, 2.75) is 27.4 Å². The molecule has 4 nitrogen and oxygen atoms in total. The van der Waals surface area contributed by atoms with E-state index in [9.17, 15) is 9.90 Å². The number of rotatable bonds is 3. The number of aliphatic hydroxyl groups is 1. The number of thiophene rings is 1. The monoisotopic (exact) mass is 251 g/mol. The van der Waals surface area contributed by atoms with Crippen molar-refractivity contribution in [2.75, 3.05) is 0 Å². The summed E-state index contributed by atoms with van der Waals surface area (Å²) in [6, 6.07) is 0. The number of aryl methyl sites for hydroxylation is 2. The molecule has 0 aliphatic rings. The Morgan fingerprint density at radius 3 is 2.71 bits per heavy atom. The van der Waals surface area contributed by atoms with Crippen LogP contribution in [-0.4, -0.2) is 16.5 Å². The smallest absolute Gasteiger partial charge is 0.170 e. The van der Waals surface area contributed by atoms with Gasteiger partial charge in [0.2, 0.25) is 0 Å². The average Bonchev–Trinajstić information content (AvgIpc) is 2.81. The van der Waals surface area contributed by atoms with Crippen molar-refractivity contribution in [1.82, 2.24) is 5.16 Å². The summed E-state index contributed by atoms with van der Waals surface area (Å²) in [6.07, 6.45) is 0.849. The van der Waals surface area contributed by atoms with Crippen molar-refractivity contribution in [2.24, 2.45) is 0 Å². The number of aliphatic hydroxyl groups excluding tert-OH is 1. The van der Waals surface area contributed by atoms with Crippen LogP contribution in [0.3, 0.4) is 0 Å². The SMILES string of the molecule is Cc1noc(CO)c1-c1sc(C)c(C)c1C=O. The normalized spacial score (nSPS) is 10.8. The van der Waals surface area contributed by atoms with Crippen molar-refractivity contribution in [3.05, 3.63) is 27.5 Å². The van der Waals surface area contributed by atoms with Crippen LogP contribution in [0.15, 0.2) is 4.52 Å². The molecular weight excluding hydrogens is 238 g/mol. The summed E-state index contributed by atoms with van der Waals surface area (Å²) in [5.41, 5.74) is 3.08. The fourth-order valence-corrected chi connectivity index (χ4v) is 3.03. The molecule has 5 heteroatoms. The number of aromatic nitrogens is 1. The second-order valence-corrected chi connectivity index (χ2v) is 5.09. The highest BCUT2D eigenvalue weighted by Gasteiger charge is 2.21. The Bertz CT molecular complexity index is 569. The van der Waals surface area contributed by atoms with E-state index >= 15 is 0 Å². The van der Waals surface area contributed by atoms with Crippen molar-refractivity contribution in [3.63, 3.8) is 0 Å². The molecule has 0 saturated carbocycles. The molecule has 0 aliphatic carbocycles. The molecule has 0 aromatic carbocycles. The molecule has 2 heterocycles. The molecule has 0 atom stereocenters. The molecule has 0 fully saturated rings. The third kappa shape index (κ3) is 1.81. The van der Waals surface area contributed by atoms with E-state index in [1.54, 1.807) is 6.92 Å². The van der Waals surface area contributed by atoms with Gasteiger partial charge in [-0.3, -0.25) is 4.79 Å². The van der Waals surface area contributed by atoms with Gasteiger partial charge in [-0.25, -0.2) is 0 Å². The van der Waals surface area contributed by atoms with Gasteiger partial charge in [-0.05, 0) is 26.3 Å². The van der Waals surface area contributed by atoms with Crippen molar-refractivity contribution < 1.29 is 14.4 Å². The average molecular weight is 251 g/mol. The van der Waals surface area contributed by atoms with Crippen LogP contribution in [-0.2, 0) is 6.61 Å². The highest BCUT2D eigenvalue weighted by Crippen LogP contribution is 2.38. The van der Waals surface area contributed by atoms with Crippen LogP contribution in [0.2, 0.25) is 0 Å². The summed E-state index contributed by atoms with van der Waals surface area (Å²) in [7, 11) is 0. The van der Waals surface area contributed by atoms with Gasteiger partial charge in [0.05, 0.1) is 16.1 Å². The molecule has 0 amide bonds. The lowest BCUT2D eigenvalue weighted by molar-refractivity contribution is 0.112. The molecule has 0 aliphatic heterocycles. The molecule has 0 saturated heterocycles. The van der Waals surface area contributed by atoms with Gasteiger partial charge < -0.3 is 9.63 Å². The van der Waals surface area contributed by atoms with Gasteiger partial charge in [-0.1, -0.05) is 5.16 Å². The summed E-state index contributed by atoms with van der Waals surface area (Å²) in [5, 5.41) is 13.0. The maximum Gasteiger partial charge on any atom is 0.170 e. The molecule has 0 bridgehead atoms. The van der Waals surface area contributed by atoms with E-state index in [-0.39, 0.29) is 6.61 Å². The van der Waals surface area contributed by atoms with E-state index in [4.69, 9.17) is 4.52 Å². The molecular formula is C12H13NO3S. The standard InChI is InChI=1S/C12H13NO3S/c1-6-8(3)17-12(9(6)4-14)11-7(2)13-16-10(11)5-15/h4,15H,5H2,1-3H3. The molecule has 0 unspecified atom stereocenters. The van der Waals surface area contributed by atoms with E-state index in [1.807, 2.05) is 13.8 Å². The van der Waals surface area contributed by atoms with Crippen molar-refractivity contribution in [3.8, 4) is 10.4 Å². The minimum Gasteiger partial charge on any atom is -0.388 e. The first kappa shape index (κ1) is 12.0. The minimum atomic E-state index is -0.218. The van der Waals surface area contributed by atoms with Gasteiger partial charge in [0, 0.05) is 10.4 Å². The first-order valence-corrected chi connectivity index (χ1v) is 6.03. The van der Waals surface area contributed by atoms with Crippen LogP contribution in [0.25, 0.3) is 10.4 Å². The van der Waals surface area contributed by atoms with Gasteiger partial charge in [0.25, 0.3) is 0 Å². The van der Waals surface area contributed by atoms with Gasteiger partial charge in [0.1, 0.15) is 6.61 Å². The summed E-state index contributed by atoms with van der Waals surface area (Å²) in [4.78, 5) is 13.1. The predicted octanol–water partition coefficient (Wildman–Crippen LogP) is 2.63. The van der Waals surface area contributed by atoms with E-state index in [0.717, 1.165) is 27.2 Å². The molecule has 2 aromatic rings. The highest BCUT2D eigenvalue weighted by atomic mass is 32.1. The molecule has 17 heavy (non-hydrogen) atoms. The fourth-order valence-electron chi connectivity index (χ4n) is 1.79. The Balaban J connectivity index is 2.71. The fraction of sp³-hybridized carbons (Fsp3) is 0.333. The predicted molar refractivity (Wildman–Crippen MR) is 65.3 cm³/mol. The first-order chi connectivity index (χ1) is 8.10. The number of hydrogen-bond donors (Lipinski definition) is 1. The second kappa shape index (κ2) is 4.43. The summed E-state index contributed by atoms with van der Waals surface area (Å²) in [5.74, 6) is 0.409. The van der Waals surface area contributed by atoms with Crippen LogP contribution in [0.1, 0.15) is 32.3 Å². The minimum absolute atomic E-state index is 0.218. The molecule has 2 rings (SSSR count). The van der Waals surface area contributed by atoms with Crippen LogP contribution in [0.5, 0.6) is 0 Å². The summed E-state index contributed by atoms with van der Waals surface area (Å²) in [6.45, 7) is 5.47. The van der Waals surface area contributed by atoms with Gasteiger partial charge in [0.15, 0.2) is 12.0 Å². The Labute approximate surface area is 103 Å². The second-order valence-electron chi connectivity index (χ2n) is 3.87. The van der Waals surface area contributed by atoms with Crippen LogP contribution in [0, 0.1) is 20.8 Å². The number of carbonyl (C=O) groups excluding carboxylic acids is 1. The Morgan fingerprint density at radius 2 is 2.12 bits per heavy atom. The number of hydrogen-bond acceptors (Lipinski definition) is 5. The largest absolute Gasteiger partial charge is 0.388 e. The van der Waals surface area contributed by atoms with E-state index in [0.29, 0.717) is 17.0 Å². The summed E-state index contributed by atoms with van der Waals surface area (Å²) >= 11 is 1.52. The quantitative estimate of drug-likeness (QED) is 0.852. The number of aldehydes is 1. The molecule has 90 valence electrons. The number of nitrogens with zero attached hydrogens (tertiary/aromatic N) is 1. The highest BCUT2D eigenvalue weighted by molar-refractivity contribution is 7.16. The Kier molecular flexibility index (Phi) is 3.13. The Morgan fingerprint density at radius 1 is 1.41 bits per heavy atom. The zero-order chi connectivity index (χ0) is 12.6. The molecule has 0 radical (unpaired) electrons. The lowest BCUT2D eigenvalue weighted by Crippen LogP contribution is -1.89. The van der Waals surface area contributed by atoms with E-state index in [1.165, 1.54) is 11.3 Å². The van der Waals surface area contributed by atoms with Gasteiger partial charge in [-0.2, -0.15) is 0 Å². The number of carbonyl (C=O) groups is 1. The Hall–Kier alpha value is -1.46. The third-order valence-electron chi connectivity index (χ3n) is 2.85. The maximum atomic E-state index is 11.2. The lowest BCUT2D eigenvalue weighted by atomic mass is 10.1. The topological polar surface area (TPSA) is 63.3 Å². The summed E-state index contributed by atoms with van der Waals surface area (Å²) < 4.78 is 5.04. The maximum absolute atomic E-state index is 11.2. The molecule has 0 spiro atoms. The third-order valence-corrected chi connectivity index (χ3v) is 4.09. The first-order valence-electron chi connectivity index (χ1n) is 5.21. The van der Waals surface area contributed by atoms with Crippen LogP contribution in [0.4, 0.5) is 0 Å². The van der Waals surface area contributed by atoms with Gasteiger partial charge >= 0.3 is 0 Å². The zero-order valence-electron chi connectivity index (χ0n) is 9.90. The van der Waals surface area contributed by atoms with Crippen molar-refractivity contribution >= 4 is 17.6 Å². The van der Waals surface area contributed by atoms with Crippen molar-refractivity contribution in [1.29, 1.82) is 0 Å². The van der Waals surface area contributed by atoms with E-state index < -0.39 is 0 Å². The van der Waals surface area contributed by atoms with Crippen LogP contribution < -0.4 is 0 Å². The lowest BCUT2D eigenvalue weighted by Gasteiger charge is -1.98. The van der Waals surface area contributed by atoms with E-state index in [2.05, 4.69) is 5.16 Å².